The number of ether oxygens (including phenoxy) is 2. The lowest BCUT2D eigenvalue weighted by molar-refractivity contribution is -0.345. The number of halogens is 8. The largest absolute Gasteiger partial charge is 0.465 e. The molecule has 0 aliphatic rings. The summed E-state index contributed by atoms with van der Waals surface area (Å²) in [6.07, 6.45) is 0. The summed E-state index contributed by atoms with van der Waals surface area (Å²) in [6, 6.07) is 15.0. The number of thiophene rings is 2. The number of rotatable bonds is 11. The molecule has 254 valence electrons. The summed E-state index contributed by atoms with van der Waals surface area (Å²) in [5, 5.41) is 3.01. The first-order valence-electron chi connectivity index (χ1n) is 13.1. The van der Waals surface area contributed by atoms with Gasteiger partial charge < -0.3 is 20.1 Å². The van der Waals surface area contributed by atoms with Crippen LogP contribution < -0.4 is 10.6 Å². The Bertz CT molecular complexity index is 1710. The predicted molar refractivity (Wildman–Crippen MR) is 159 cm³/mol. The molecule has 2 N–H and O–H groups in total. The third kappa shape index (κ3) is 6.12. The Hall–Kier alpha value is -4.84. The zero-order valence-electron chi connectivity index (χ0n) is 24.2. The highest BCUT2D eigenvalue weighted by Gasteiger charge is 2.84. The zero-order valence-corrected chi connectivity index (χ0v) is 25.9. The minimum atomic E-state index is -7.22. The van der Waals surface area contributed by atoms with Gasteiger partial charge in [0, 0.05) is 21.9 Å². The molecule has 0 aliphatic carbocycles. The molecule has 0 atom stereocenters. The summed E-state index contributed by atoms with van der Waals surface area (Å²) in [7, 11) is 1.73. The van der Waals surface area contributed by atoms with Crippen molar-refractivity contribution in [2.45, 2.75) is 23.7 Å². The molecule has 0 unspecified atom stereocenters. The van der Waals surface area contributed by atoms with Crippen LogP contribution in [0.3, 0.4) is 0 Å². The first kappa shape index (κ1) is 36.0. The Labute approximate surface area is 273 Å². The van der Waals surface area contributed by atoms with Crippen LogP contribution in [0, 0.1) is 0 Å². The van der Waals surface area contributed by atoms with Gasteiger partial charge in [-0.2, -0.15) is 35.1 Å². The maximum Gasteiger partial charge on any atom is 0.393 e. The number of carbonyl (C=O) groups excluding carboxylic acids is 4. The maximum absolute atomic E-state index is 14.9. The van der Waals surface area contributed by atoms with Crippen molar-refractivity contribution in [2.75, 3.05) is 24.9 Å². The van der Waals surface area contributed by atoms with Crippen LogP contribution >= 0.6 is 22.7 Å². The van der Waals surface area contributed by atoms with Crippen LogP contribution in [-0.4, -0.2) is 61.7 Å². The van der Waals surface area contributed by atoms with Gasteiger partial charge in [0.1, 0.15) is 21.1 Å². The number of carbonyl (C=O) groups is 4. The highest BCUT2D eigenvalue weighted by Crippen LogP contribution is 2.53. The van der Waals surface area contributed by atoms with E-state index < -0.39 is 68.6 Å². The van der Waals surface area contributed by atoms with Crippen LogP contribution in [0.1, 0.15) is 20.7 Å². The monoisotopic (exact) mass is 720 g/mol. The van der Waals surface area contributed by atoms with Crippen LogP contribution in [0.15, 0.2) is 71.4 Å². The minimum absolute atomic E-state index is 0.0262. The molecule has 0 saturated carbocycles. The van der Waals surface area contributed by atoms with E-state index >= 15 is 0 Å². The molecule has 2 amide bonds. The van der Waals surface area contributed by atoms with Crippen molar-refractivity contribution in [3.05, 3.63) is 82.6 Å². The number of hydrogen-bond acceptors (Lipinski definition) is 8. The number of methoxy groups -OCH3 is 2. The summed E-state index contributed by atoms with van der Waals surface area (Å²) in [5.74, 6) is -36.5. The van der Waals surface area contributed by atoms with Gasteiger partial charge in [0.25, 0.3) is 0 Å². The van der Waals surface area contributed by atoms with Crippen molar-refractivity contribution in [3.63, 3.8) is 0 Å². The average molecular weight is 721 g/mol. The van der Waals surface area contributed by atoms with Gasteiger partial charge in [0.15, 0.2) is 0 Å². The number of amides is 2. The van der Waals surface area contributed by atoms with Crippen LogP contribution in [0.5, 0.6) is 0 Å². The highest BCUT2D eigenvalue weighted by atomic mass is 32.1. The molecule has 2 heterocycles. The Morgan fingerprint density at radius 1 is 0.562 bits per heavy atom. The zero-order chi connectivity index (χ0) is 35.7. The van der Waals surface area contributed by atoms with Gasteiger partial charge >= 0.3 is 47.4 Å². The molecular weight excluding hydrogens is 700 g/mol. The van der Waals surface area contributed by atoms with Crippen LogP contribution in [0.25, 0.3) is 22.3 Å². The third-order valence-corrected chi connectivity index (χ3v) is 8.53. The van der Waals surface area contributed by atoms with Gasteiger partial charge in [-0.3, -0.25) is 9.59 Å². The predicted octanol–water partition coefficient (Wildman–Crippen LogP) is 7.84. The van der Waals surface area contributed by atoms with E-state index in [0.29, 0.717) is 22.7 Å². The van der Waals surface area contributed by atoms with E-state index in [2.05, 4.69) is 9.47 Å². The quantitative estimate of drug-likeness (QED) is 0.121. The van der Waals surface area contributed by atoms with Crippen molar-refractivity contribution in [1.82, 2.24) is 0 Å². The third-order valence-electron chi connectivity index (χ3n) is 6.74. The SMILES string of the molecule is COC(=O)c1c(-c2ccccc2)csc1NC(=O)C(F)(F)C(F)(F)C(F)(F)C(F)(F)C(=O)Nc1scc(-c2ccccc2)c1C(=O)OC. The first-order valence-corrected chi connectivity index (χ1v) is 14.8. The standard InChI is InChI=1S/C30H20F8N2O6S2/c1-45-23(41)19-17(15-9-5-3-6-10-15)13-47-21(19)39-25(43)27(31,32)29(35,36)30(37,38)28(33,34)26(44)40-22-20(24(42)46-2)18(14-48-22)16-11-7-4-8-12-16/h3-14H,1-2H3,(H,39,43)(H,40,44). The average Bonchev–Trinajstić information content (AvgIpc) is 3.68. The fourth-order valence-electron chi connectivity index (χ4n) is 4.21. The number of hydrogen-bond donors (Lipinski definition) is 2. The molecule has 4 aromatic rings. The smallest absolute Gasteiger partial charge is 0.393 e. The number of anilines is 2. The molecule has 2 aromatic heterocycles. The number of esters is 2. The summed E-state index contributed by atoms with van der Waals surface area (Å²) in [4.78, 5) is 49.6. The molecule has 8 nitrogen and oxygen atoms in total. The lowest BCUT2D eigenvalue weighted by atomic mass is 9.97. The molecule has 0 aliphatic heterocycles. The van der Waals surface area contributed by atoms with Crippen LogP contribution in [0.4, 0.5) is 45.1 Å². The molecule has 0 radical (unpaired) electrons. The number of benzene rings is 2. The first-order chi connectivity index (χ1) is 22.4. The van der Waals surface area contributed by atoms with E-state index in [9.17, 15) is 54.3 Å². The second-order valence-electron chi connectivity index (χ2n) is 9.63. The molecule has 0 bridgehead atoms. The molecule has 0 fully saturated rings. The molecular formula is C30H20F8N2O6S2. The fraction of sp³-hybridized carbons (Fsp3) is 0.200. The van der Waals surface area contributed by atoms with E-state index in [1.165, 1.54) is 59.2 Å². The minimum Gasteiger partial charge on any atom is -0.465 e. The molecule has 2 aromatic carbocycles. The number of alkyl halides is 8. The summed E-state index contributed by atoms with van der Waals surface area (Å²) < 4.78 is 128. The summed E-state index contributed by atoms with van der Waals surface area (Å²) in [5.41, 5.74) is -0.736. The Kier molecular flexibility index (Phi) is 10.0. The fourth-order valence-corrected chi connectivity index (χ4v) is 6.12. The van der Waals surface area contributed by atoms with Gasteiger partial charge in [-0.05, 0) is 11.1 Å². The molecule has 18 heteroatoms. The van der Waals surface area contributed by atoms with Crippen molar-refractivity contribution in [3.8, 4) is 22.3 Å². The van der Waals surface area contributed by atoms with E-state index in [0.717, 1.165) is 25.0 Å². The Balaban J connectivity index is 1.64. The van der Waals surface area contributed by atoms with Crippen molar-refractivity contribution >= 4 is 56.4 Å². The van der Waals surface area contributed by atoms with E-state index in [4.69, 9.17) is 0 Å². The Morgan fingerprint density at radius 3 is 1.17 bits per heavy atom. The molecule has 0 spiro atoms. The molecule has 0 saturated heterocycles. The van der Waals surface area contributed by atoms with Crippen LogP contribution in [0.2, 0.25) is 0 Å². The number of nitrogens with one attached hydrogen (secondary N) is 2. The van der Waals surface area contributed by atoms with Gasteiger partial charge in [-0.15, -0.1) is 22.7 Å². The van der Waals surface area contributed by atoms with E-state index in [-0.39, 0.29) is 22.3 Å². The summed E-state index contributed by atoms with van der Waals surface area (Å²) in [6.45, 7) is 0. The van der Waals surface area contributed by atoms with E-state index in [1.54, 1.807) is 12.1 Å². The Morgan fingerprint density at radius 2 is 0.875 bits per heavy atom. The van der Waals surface area contributed by atoms with E-state index in [1.807, 2.05) is 0 Å². The second-order valence-corrected chi connectivity index (χ2v) is 11.4. The molecule has 4 rings (SSSR count). The second kappa shape index (κ2) is 13.3. The topological polar surface area (TPSA) is 111 Å². The van der Waals surface area contributed by atoms with Gasteiger partial charge in [0.2, 0.25) is 0 Å². The maximum atomic E-state index is 14.9. The van der Waals surface area contributed by atoms with Gasteiger partial charge in [-0.1, -0.05) is 60.7 Å². The van der Waals surface area contributed by atoms with Crippen molar-refractivity contribution < 1.29 is 63.8 Å². The highest BCUT2D eigenvalue weighted by molar-refractivity contribution is 7.15. The van der Waals surface area contributed by atoms with Gasteiger partial charge in [0.05, 0.1) is 14.2 Å². The van der Waals surface area contributed by atoms with Crippen molar-refractivity contribution in [2.24, 2.45) is 0 Å². The normalized spacial score (nSPS) is 12.3. The van der Waals surface area contributed by atoms with Crippen molar-refractivity contribution in [1.29, 1.82) is 0 Å². The summed E-state index contributed by atoms with van der Waals surface area (Å²) >= 11 is 0.695. The lowest BCUT2D eigenvalue weighted by Gasteiger charge is -2.35. The van der Waals surface area contributed by atoms with Gasteiger partial charge in [-0.25, -0.2) is 9.59 Å². The lowest BCUT2D eigenvalue weighted by Crippen LogP contribution is -2.67. The van der Waals surface area contributed by atoms with Crippen LogP contribution in [-0.2, 0) is 19.1 Å². The molecule has 48 heavy (non-hydrogen) atoms.